The van der Waals surface area contributed by atoms with Gasteiger partial charge in [-0.05, 0) is 76.4 Å². The second kappa shape index (κ2) is 9.23. The minimum absolute atomic E-state index is 0.0758. The molecule has 39 heavy (non-hydrogen) atoms. The highest BCUT2D eigenvalue weighted by Gasteiger charge is 2.77. The molecule has 8 atom stereocenters. The van der Waals surface area contributed by atoms with Crippen molar-refractivity contribution in [3.63, 3.8) is 0 Å². The number of alkyl carbamates (subject to hydrolysis) is 1. The van der Waals surface area contributed by atoms with E-state index < -0.39 is 70.0 Å². The van der Waals surface area contributed by atoms with Crippen LogP contribution in [0.4, 0.5) is 9.18 Å². The van der Waals surface area contributed by atoms with Crippen molar-refractivity contribution in [3.8, 4) is 0 Å². The SMILES string of the molecule is C[C@H]1C[C@H]2[C@@H]3CCC4=CC(=O)C=C[C@]4(C)[C@@]3(F)[C@@H](O)C[C@]2(C)[C@@]1(OC(=O)NC(C)(C)CC(C)(C)C)C(=O)CO. The van der Waals surface area contributed by atoms with E-state index in [1.165, 1.54) is 12.2 Å². The first-order chi connectivity index (χ1) is 17.8. The monoisotopic (exact) mass is 547 g/mol. The maximum Gasteiger partial charge on any atom is 0.408 e. The van der Waals surface area contributed by atoms with Gasteiger partial charge in [-0.15, -0.1) is 0 Å². The summed E-state index contributed by atoms with van der Waals surface area (Å²) < 4.78 is 23.6. The van der Waals surface area contributed by atoms with E-state index >= 15 is 4.39 Å². The summed E-state index contributed by atoms with van der Waals surface area (Å²) >= 11 is 0. The molecule has 3 saturated carbocycles. The highest BCUT2D eigenvalue weighted by molar-refractivity contribution is 6.01. The Bertz CT molecular complexity index is 1120. The van der Waals surface area contributed by atoms with E-state index in [9.17, 15) is 24.6 Å². The zero-order valence-electron chi connectivity index (χ0n) is 24.7. The van der Waals surface area contributed by atoms with Gasteiger partial charge in [-0.2, -0.15) is 0 Å². The normalized spacial score (nSPS) is 41.7. The number of hydrogen-bond donors (Lipinski definition) is 3. The molecule has 0 spiro atoms. The molecule has 0 aliphatic heterocycles. The number of rotatable bonds is 5. The van der Waals surface area contributed by atoms with Gasteiger partial charge < -0.3 is 20.3 Å². The minimum atomic E-state index is -2.06. The molecular formula is C31H46FNO6. The number of ether oxygens (including phenoxy) is 1. The number of allylic oxidation sites excluding steroid dienone is 4. The number of amides is 1. The molecule has 0 radical (unpaired) electrons. The number of ketones is 2. The van der Waals surface area contributed by atoms with Gasteiger partial charge in [0.15, 0.2) is 17.1 Å². The Morgan fingerprint density at radius 1 is 1.18 bits per heavy atom. The standard InChI is InChI=1S/C31H46FNO6/c1-18-13-22-21-10-9-19-14-20(35)11-12-28(19,7)30(21,32)23(36)15-29(22,8)31(18,24(37)16-34)39-25(38)33-27(5,6)17-26(2,3)4/h11-12,14,18,21-23,34,36H,9-10,13,15-17H2,1-8H3,(H,33,38)/t18-,21-,22-,23-,28-,29-,30-,31-/m0/s1. The van der Waals surface area contributed by atoms with Crippen molar-refractivity contribution in [1.82, 2.24) is 5.32 Å². The highest BCUT2D eigenvalue weighted by atomic mass is 19.1. The Hall–Kier alpha value is -2.06. The van der Waals surface area contributed by atoms with Gasteiger partial charge in [-0.1, -0.05) is 46.3 Å². The van der Waals surface area contributed by atoms with Gasteiger partial charge in [0.2, 0.25) is 5.78 Å². The van der Waals surface area contributed by atoms with E-state index in [0.717, 1.165) is 0 Å². The maximum absolute atomic E-state index is 17.5. The predicted molar refractivity (Wildman–Crippen MR) is 145 cm³/mol. The fourth-order valence-corrected chi connectivity index (χ4v) is 9.33. The first kappa shape index (κ1) is 29.9. The van der Waals surface area contributed by atoms with Crippen molar-refractivity contribution < 1.29 is 33.7 Å². The molecule has 0 bridgehead atoms. The Morgan fingerprint density at radius 3 is 2.41 bits per heavy atom. The van der Waals surface area contributed by atoms with Crippen LogP contribution in [-0.2, 0) is 14.3 Å². The van der Waals surface area contributed by atoms with Crippen molar-refractivity contribution in [1.29, 1.82) is 0 Å². The van der Waals surface area contributed by atoms with Crippen LogP contribution in [0.25, 0.3) is 0 Å². The van der Waals surface area contributed by atoms with Gasteiger partial charge in [-0.25, -0.2) is 9.18 Å². The number of carbonyl (C=O) groups excluding carboxylic acids is 3. The number of carbonyl (C=O) groups is 3. The van der Waals surface area contributed by atoms with E-state index in [0.29, 0.717) is 31.3 Å². The third-order valence-corrected chi connectivity index (χ3v) is 10.4. The Balaban J connectivity index is 1.74. The number of fused-ring (bicyclic) bond motifs is 5. The van der Waals surface area contributed by atoms with E-state index in [2.05, 4.69) is 26.1 Å². The number of aliphatic hydroxyl groups excluding tert-OH is 2. The van der Waals surface area contributed by atoms with Crippen LogP contribution in [0.1, 0.15) is 87.5 Å². The predicted octanol–water partition coefficient (Wildman–Crippen LogP) is 4.84. The molecule has 0 unspecified atom stereocenters. The summed E-state index contributed by atoms with van der Waals surface area (Å²) in [6, 6.07) is 0. The molecular weight excluding hydrogens is 501 g/mol. The van der Waals surface area contributed by atoms with Crippen LogP contribution in [0.15, 0.2) is 23.8 Å². The highest BCUT2D eigenvalue weighted by Crippen LogP contribution is 2.71. The molecule has 7 nitrogen and oxygen atoms in total. The summed E-state index contributed by atoms with van der Waals surface area (Å²) in [6.07, 6.45) is 4.05. The van der Waals surface area contributed by atoms with Crippen LogP contribution in [0.2, 0.25) is 0 Å². The number of aliphatic hydroxyl groups is 2. The molecule has 218 valence electrons. The molecule has 1 amide bonds. The maximum atomic E-state index is 17.5. The molecule has 4 aliphatic carbocycles. The molecule has 3 N–H and O–H groups in total. The third-order valence-electron chi connectivity index (χ3n) is 10.4. The Kier molecular flexibility index (Phi) is 7.08. The molecule has 0 aromatic carbocycles. The van der Waals surface area contributed by atoms with Gasteiger partial charge >= 0.3 is 6.09 Å². The number of alkyl halides is 1. The van der Waals surface area contributed by atoms with Gasteiger partial charge in [0.05, 0.1) is 6.10 Å². The molecule has 0 heterocycles. The van der Waals surface area contributed by atoms with Crippen LogP contribution in [0, 0.1) is 34.0 Å². The van der Waals surface area contributed by atoms with E-state index in [1.54, 1.807) is 19.9 Å². The van der Waals surface area contributed by atoms with Crippen LogP contribution in [-0.4, -0.2) is 57.4 Å². The average Bonchev–Trinajstić information content (AvgIpc) is 3.00. The first-order valence-electron chi connectivity index (χ1n) is 14.2. The lowest BCUT2D eigenvalue weighted by molar-refractivity contribution is -0.219. The van der Waals surface area contributed by atoms with Crippen LogP contribution >= 0.6 is 0 Å². The zero-order chi connectivity index (χ0) is 29.4. The largest absolute Gasteiger partial charge is 0.434 e. The minimum Gasteiger partial charge on any atom is -0.434 e. The number of hydrogen-bond acceptors (Lipinski definition) is 6. The second-order valence-electron chi connectivity index (χ2n) is 14.9. The van der Waals surface area contributed by atoms with E-state index in [4.69, 9.17) is 4.74 Å². The van der Waals surface area contributed by atoms with Gasteiger partial charge in [0, 0.05) is 28.2 Å². The summed E-state index contributed by atoms with van der Waals surface area (Å²) in [7, 11) is 0. The van der Waals surface area contributed by atoms with Gasteiger partial charge in [-0.3, -0.25) is 9.59 Å². The zero-order valence-corrected chi connectivity index (χ0v) is 24.7. The molecule has 3 fully saturated rings. The fourth-order valence-electron chi connectivity index (χ4n) is 9.33. The Labute approximate surface area is 231 Å². The molecule has 0 saturated heterocycles. The summed E-state index contributed by atoms with van der Waals surface area (Å²) in [5, 5.41) is 24.6. The third kappa shape index (κ3) is 4.32. The van der Waals surface area contributed by atoms with Crippen molar-refractivity contribution in [2.75, 3.05) is 6.61 Å². The quantitative estimate of drug-likeness (QED) is 0.454. The van der Waals surface area contributed by atoms with Crippen molar-refractivity contribution in [3.05, 3.63) is 23.8 Å². The fraction of sp³-hybridized carbons (Fsp3) is 0.774. The molecule has 8 heteroatoms. The number of halogens is 1. The topological polar surface area (TPSA) is 113 Å². The van der Waals surface area contributed by atoms with Crippen LogP contribution in [0.5, 0.6) is 0 Å². The summed E-state index contributed by atoms with van der Waals surface area (Å²) in [5.41, 5.74) is -6.09. The van der Waals surface area contributed by atoms with E-state index in [-0.39, 0.29) is 17.6 Å². The van der Waals surface area contributed by atoms with Crippen LogP contribution in [0.3, 0.4) is 0 Å². The summed E-state index contributed by atoms with van der Waals surface area (Å²) in [4.78, 5) is 39.1. The van der Waals surface area contributed by atoms with Crippen molar-refractivity contribution >= 4 is 17.7 Å². The number of Topliss-reactive ketones (excluding diaryl/α,β-unsaturated/α-hetero) is 1. The van der Waals surface area contributed by atoms with Gasteiger partial charge in [0.25, 0.3) is 0 Å². The molecule has 4 rings (SSSR count). The smallest absolute Gasteiger partial charge is 0.408 e. The first-order valence-corrected chi connectivity index (χ1v) is 14.2. The molecule has 4 aliphatic rings. The van der Waals surface area contributed by atoms with Crippen molar-refractivity contribution in [2.45, 2.75) is 110 Å². The van der Waals surface area contributed by atoms with Gasteiger partial charge in [0.1, 0.15) is 6.61 Å². The second-order valence-corrected chi connectivity index (χ2v) is 14.9. The summed E-state index contributed by atoms with van der Waals surface area (Å²) in [6.45, 7) is 14.5. The molecule has 0 aromatic heterocycles. The molecule has 0 aromatic rings. The van der Waals surface area contributed by atoms with Crippen molar-refractivity contribution in [2.24, 2.45) is 34.0 Å². The van der Waals surface area contributed by atoms with Crippen LogP contribution < -0.4 is 5.32 Å². The lowest BCUT2D eigenvalue weighted by Gasteiger charge is -2.62. The summed E-state index contributed by atoms with van der Waals surface area (Å²) in [5.74, 6) is -2.35. The number of nitrogens with one attached hydrogen (secondary N) is 1. The lowest BCUT2D eigenvalue weighted by Crippen LogP contribution is -2.70. The van der Waals surface area contributed by atoms with E-state index in [1.807, 2.05) is 20.8 Å². The lowest BCUT2D eigenvalue weighted by atomic mass is 9.44. The average molecular weight is 548 g/mol. The Morgan fingerprint density at radius 2 is 1.82 bits per heavy atom.